The molecule has 1 aromatic carbocycles. The van der Waals surface area contributed by atoms with Crippen LogP contribution in [0.5, 0.6) is 0 Å². The van der Waals surface area contributed by atoms with Gasteiger partial charge in [0.25, 0.3) is 0 Å². The molecule has 0 bridgehead atoms. The van der Waals surface area contributed by atoms with Crippen LogP contribution >= 0.6 is 0 Å². The molecule has 0 aliphatic heterocycles. The van der Waals surface area contributed by atoms with Crippen molar-refractivity contribution in [3.8, 4) is 11.5 Å². The van der Waals surface area contributed by atoms with Crippen LogP contribution in [0.4, 0.5) is 15.9 Å². The largest absolute Gasteiger partial charge is 0.356 e. The number of nitrogens with zero attached hydrogens (tertiary/aromatic N) is 2. The Hall–Kier alpha value is -2.69. The first-order valence-electron chi connectivity index (χ1n) is 6.64. The third-order valence-electron chi connectivity index (χ3n) is 3.04. The second kappa shape index (κ2) is 5.36. The number of halogens is 1. The van der Waals surface area contributed by atoms with Gasteiger partial charge in [-0.2, -0.15) is 0 Å². The summed E-state index contributed by atoms with van der Waals surface area (Å²) in [4.78, 5) is 12.1. The van der Waals surface area contributed by atoms with Crippen molar-refractivity contribution in [2.45, 2.75) is 13.8 Å². The molecule has 2 N–H and O–H groups in total. The molecule has 0 atom stereocenters. The monoisotopic (exact) mass is 282 g/mol. The van der Waals surface area contributed by atoms with E-state index in [4.69, 9.17) is 0 Å². The second-order valence-corrected chi connectivity index (χ2v) is 4.91. The van der Waals surface area contributed by atoms with Gasteiger partial charge in [-0.25, -0.2) is 14.4 Å². The lowest BCUT2D eigenvalue weighted by Gasteiger charge is -2.08. The highest BCUT2D eigenvalue weighted by Gasteiger charge is 2.07. The summed E-state index contributed by atoms with van der Waals surface area (Å²) in [5.74, 6) is 1.05. The SMILES string of the molecule is Cc1cc(Nc2ccc(F)cc2)nc(-c2ccc(C)[nH]2)n1. The lowest BCUT2D eigenvalue weighted by molar-refractivity contribution is 0.628. The Balaban J connectivity index is 1.92. The molecule has 0 amide bonds. The first-order valence-corrected chi connectivity index (χ1v) is 6.64. The maximum absolute atomic E-state index is 12.9. The lowest BCUT2D eigenvalue weighted by Crippen LogP contribution is -1.99. The number of benzene rings is 1. The van der Waals surface area contributed by atoms with Crippen LogP contribution in [0.15, 0.2) is 42.5 Å². The number of rotatable bonds is 3. The third-order valence-corrected chi connectivity index (χ3v) is 3.04. The van der Waals surface area contributed by atoms with Crippen molar-refractivity contribution in [1.82, 2.24) is 15.0 Å². The van der Waals surface area contributed by atoms with Crippen LogP contribution in [-0.2, 0) is 0 Å². The van der Waals surface area contributed by atoms with Gasteiger partial charge < -0.3 is 10.3 Å². The van der Waals surface area contributed by atoms with Gasteiger partial charge in [-0.1, -0.05) is 0 Å². The quantitative estimate of drug-likeness (QED) is 0.764. The van der Waals surface area contributed by atoms with E-state index < -0.39 is 0 Å². The molecule has 3 rings (SSSR count). The zero-order chi connectivity index (χ0) is 14.8. The Morgan fingerprint density at radius 2 is 1.76 bits per heavy atom. The van der Waals surface area contributed by atoms with Crippen LogP contribution < -0.4 is 5.32 Å². The number of H-pyrrole nitrogens is 1. The molecule has 2 heterocycles. The molecule has 2 aromatic heterocycles. The molecular formula is C16H15FN4. The number of aryl methyl sites for hydroxylation is 2. The third kappa shape index (κ3) is 3.08. The predicted molar refractivity (Wildman–Crippen MR) is 81.0 cm³/mol. The van der Waals surface area contributed by atoms with Gasteiger partial charge in [-0.15, -0.1) is 0 Å². The fourth-order valence-corrected chi connectivity index (χ4v) is 2.07. The first-order chi connectivity index (χ1) is 10.1. The Kier molecular flexibility index (Phi) is 3.39. The summed E-state index contributed by atoms with van der Waals surface area (Å²) in [6.45, 7) is 3.90. The van der Waals surface area contributed by atoms with Crippen molar-refractivity contribution >= 4 is 11.5 Å². The van der Waals surface area contributed by atoms with Gasteiger partial charge >= 0.3 is 0 Å². The molecule has 0 saturated carbocycles. The molecule has 0 spiro atoms. The Morgan fingerprint density at radius 3 is 2.43 bits per heavy atom. The maximum atomic E-state index is 12.9. The minimum Gasteiger partial charge on any atom is -0.356 e. The van der Waals surface area contributed by atoms with Crippen LogP contribution in [0, 0.1) is 19.7 Å². The number of nitrogens with one attached hydrogen (secondary N) is 2. The van der Waals surface area contributed by atoms with E-state index in [1.165, 1.54) is 12.1 Å². The van der Waals surface area contributed by atoms with Crippen molar-refractivity contribution < 1.29 is 4.39 Å². The van der Waals surface area contributed by atoms with Crippen LogP contribution in [0.1, 0.15) is 11.4 Å². The minimum atomic E-state index is -0.262. The number of anilines is 2. The average molecular weight is 282 g/mol. The van der Waals surface area contributed by atoms with Crippen LogP contribution in [0.3, 0.4) is 0 Å². The highest BCUT2D eigenvalue weighted by molar-refractivity contribution is 5.60. The topological polar surface area (TPSA) is 53.6 Å². The zero-order valence-electron chi connectivity index (χ0n) is 11.8. The second-order valence-electron chi connectivity index (χ2n) is 4.91. The molecule has 4 nitrogen and oxygen atoms in total. The molecule has 106 valence electrons. The smallest absolute Gasteiger partial charge is 0.178 e. The van der Waals surface area contributed by atoms with E-state index in [2.05, 4.69) is 20.3 Å². The van der Waals surface area contributed by atoms with Gasteiger partial charge in [0.05, 0.1) is 5.69 Å². The van der Waals surface area contributed by atoms with Crippen LogP contribution in [0.25, 0.3) is 11.5 Å². The lowest BCUT2D eigenvalue weighted by atomic mass is 10.3. The van der Waals surface area contributed by atoms with E-state index in [1.807, 2.05) is 32.0 Å². The van der Waals surface area contributed by atoms with E-state index in [1.54, 1.807) is 12.1 Å². The minimum absolute atomic E-state index is 0.262. The van der Waals surface area contributed by atoms with Gasteiger partial charge in [-0.05, 0) is 50.2 Å². The fourth-order valence-electron chi connectivity index (χ4n) is 2.07. The average Bonchev–Trinajstić information content (AvgIpc) is 2.88. The van der Waals surface area contributed by atoms with Crippen molar-refractivity contribution in [3.63, 3.8) is 0 Å². The highest BCUT2D eigenvalue weighted by atomic mass is 19.1. The summed E-state index contributed by atoms with van der Waals surface area (Å²) in [5, 5.41) is 3.16. The Morgan fingerprint density at radius 1 is 1.00 bits per heavy atom. The van der Waals surface area contributed by atoms with Gasteiger partial charge in [0.1, 0.15) is 11.6 Å². The summed E-state index contributed by atoms with van der Waals surface area (Å²) in [5.41, 5.74) is 3.57. The summed E-state index contributed by atoms with van der Waals surface area (Å²) in [6, 6.07) is 11.9. The van der Waals surface area contributed by atoms with Gasteiger partial charge in [0, 0.05) is 23.1 Å². The normalized spacial score (nSPS) is 10.6. The van der Waals surface area contributed by atoms with E-state index in [0.29, 0.717) is 11.6 Å². The Labute approximate surface area is 122 Å². The number of hydrogen-bond acceptors (Lipinski definition) is 3. The van der Waals surface area contributed by atoms with Crippen molar-refractivity contribution in [2.24, 2.45) is 0 Å². The van der Waals surface area contributed by atoms with Gasteiger partial charge in [-0.3, -0.25) is 0 Å². The summed E-state index contributed by atoms with van der Waals surface area (Å²) in [6.07, 6.45) is 0. The van der Waals surface area contributed by atoms with E-state index in [0.717, 1.165) is 22.8 Å². The van der Waals surface area contributed by atoms with Crippen LogP contribution in [-0.4, -0.2) is 15.0 Å². The Bertz CT molecular complexity index is 762. The fraction of sp³-hybridized carbons (Fsp3) is 0.125. The predicted octanol–water partition coefficient (Wildman–Crippen LogP) is 3.97. The maximum Gasteiger partial charge on any atom is 0.178 e. The molecule has 0 radical (unpaired) electrons. The van der Waals surface area contributed by atoms with E-state index in [9.17, 15) is 4.39 Å². The van der Waals surface area contributed by atoms with Gasteiger partial charge in [0.2, 0.25) is 0 Å². The summed E-state index contributed by atoms with van der Waals surface area (Å²) in [7, 11) is 0. The molecule has 0 saturated heterocycles. The van der Waals surface area contributed by atoms with E-state index in [-0.39, 0.29) is 5.82 Å². The summed E-state index contributed by atoms with van der Waals surface area (Å²) >= 11 is 0. The van der Waals surface area contributed by atoms with E-state index >= 15 is 0 Å². The van der Waals surface area contributed by atoms with Gasteiger partial charge in [0.15, 0.2) is 5.82 Å². The molecular weight excluding hydrogens is 267 g/mol. The van der Waals surface area contributed by atoms with Crippen LogP contribution in [0.2, 0.25) is 0 Å². The number of aromatic amines is 1. The zero-order valence-corrected chi connectivity index (χ0v) is 11.8. The van der Waals surface area contributed by atoms with Crippen molar-refractivity contribution in [3.05, 3.63) is 59.7 Å². The first kappa shape index (κ1) is 13.3. The number of hydrogen-bond donors (Lipinski definition) is 2. The molecule has 5 heteroatoms. The molecule has 0 aliphatic rings. The standard InChI is InChI=1S/C16H15FN4/c1-10-3-8-14(18-10)16-19-11(2)9-15(21-16)20-13-6-4-12(17)5-7-13/h3-9,18H,1-2H3,(H,19,20,21). The summed E-state index contributed by atoms with van der Waals surface area (Å²) < 4.78 is 12.9. The molecule has 0 aliphatic carbocycles. The van der Waals surface area contributed by atoms with Crippen molar-refractivity contribution in [1.29, 1.82) is 0 Å². The highest BCUT2D eigenvalue weighted by Crippen LogP contribution is 2.20. The van der Waals surface area contributed by atoms with Crippen molar-refractivity contribution in [2.75, 3.05) is 5.32 Å². The molecule has 21 heavy (non-hydrogen) atoms. The molecule has 0 fully saturated rings. The molecule has 0 unspecified atom stereocenters. The number of aromatic nitrogens is 3. The molecule has 3 aromatic rings.